The quantitative estimate of drug-likeness (QED) is 0.590. The van der Waals surface area contributed by atoms with E-state index in [1.54, 1.807) is 25.3 Å². The van der Waals surface area contributed by atoms with Crippen LogP contribution in [0.4, 0.5) is 0 Å². The van der Waals surface area contributed by atoms with Gasteiger partial charge in [-0.15, -0.1) is 0 Å². The lowest BCUT2D eigenvalue weighted by Gasteiger charge is -2.15. The van der Waals surface area contributed by atoms with Crippen LogP contribution in [-0.4, -0.2) is 46.0 Å². The van der Waals surface area contributed by atoms with Gasteiger partial charge in [-0.25, -0.2) is 8.42 Å². The maximum Gasteiger partial charge on any atom is 0.191 e. The Balaban J connectivity index is 2.34. The minimum atomic E-state index is -2.93. The Morgan fingerprint density at radius 3 is 2.75 bits per heavy atom. The lowest BCUT2D eigenvalue weighted by Crippen LogP contribution is -2.41. The first-order valence-electron chi connectivity index (χ1n) is 6.65. The van der Waals surface area contributed by atoms with Crippen LogP contribution in [0.15, 0.2) is 21.8 Å². The summed E-state index contributed by atoms with van der Waals surface area (Å²) in [6.07, 6.45) is 0. The van der Waals surface area contributed by atoms with Crippen molar-refractivity contribution >= 4 is 27.1 Å². The third-order valence-electron chi connectivity index (χ3n) is 3.06. The van der Waals surface area contributed by atoms with Crippen LogP contribution in [0, 0.1) is 0 Å². The molecule has 0 fully saturated rings. The molecule has 1 rings (SSSR count). The van der Waals surface area contributed by atoms with E-state index in [1.165, 1.54) is 5.56 Å². The Kier molecular flexibility index (Phi) is 7.01. The monoisotopic (exact) mass is 317 g/mol. The summed E-state index contributed by atoms with van der Waals surface area (Å²) in [5.41, 5.74) is 1.30. The Labute approximate surface area is 125 Å². The number of hydrogen-bond acceptors (Lipinski definition) is 4. The van der Waals surface area contributed by atoms with Gasteiger partial charge in [0.15, 0.2) is 15.8 Å². The van der Waals surface area contributed by atoms with Gasteiger partial charge in [-0.05, 0) is 28.3 Å². The van der Waals surface area contributed by atoms with Gasteiger partial charge in [0.2, 0.25) is 0 Å². The van der Waals surface area contributed by atoms with Crippen LogP contribution < -0.4 is 10.6 Å². The smallest absolute Gasteiger partial charge is 0.191 e. The van der Waals surface area contributed by atoms with Crippen molar-refractivity contribution in [3.05, 3.63) is 22.4 Å². The molecule has 0 saturated heterocycles. The van der Waals surface area contributed by atoms with Crippen molar-refractivity contribution in [2.75, 3.05) is 31.6 Å². The SMILES string of the molecule is CCS(=O)(=O)CCNC(=NC)NCC(C)c1ccsc1. The van der Waals surface area contributed by atoms with Gasteiger partial charge in [-0.1, -0.05) is 13.8 Å². The molecule has 20 heavy (non-hydrogen) atoms. The molecule has 1 aromatic rings. The number of guanidine groups is 1. The zero-order valence-electron chi connectivity index (χ0n) is 12.2. The predicted molar refractivity (Wildman–Crippen MR) is 86.4 cm³/mol. The minimum Gasteiger partial charge on any atom is -0.356 e. The molecule has 1 atom stereocenters. The number of hydrogen-bond donors (Lipinski definition) is 2. The molecule has 0 aliphatic rings. The summed E-state index contributed by atoms with van der Waals surface area (Å²) >= 11 is 1.69. The van der Waals surface area contributed by atoms with Crippen molar-refractivity contribution in [2.24, 2.45) is 4.99 Å². The van der Waals surface area contributed by atoms with Crippen LogP contribution >= 0.6 is 11.3 Å². The Bertz CT molecular complexity index is 510. The van der Waals surface area contributed by atoms with E-state index in [2.05, 4.69) is 39.4 Å². The molecular weight excluding hydrogens is 294 g/mol. The topological polar surface area (TPSA) is 70.6 Å². The first-order valence-corrected chi connectivity index (χ1v) is 9.42. The van der Waals surface area contributed by atoms with Gasteiger partial charge >= 0.3 is 0 Å². The second-order valence-electron chi connectivity index (χ2n) is 4.57. The van der Waals surface area contributed by atoms with Crippen LogP contribution in [-0.2, 0) is 9.84 Å². The highest BCUT2D eigenvalue weighted by molar-refractivity contribution is 7.91. The Hall–Kier alpha value is -1.08. The lowest BCUT2D eigenvalue weighted by atomic mass is 10.1. The minimum absolute atomic E-state index is 0.129. The van der Waals surface area contributed by atoms with Gasteiger partial charge in [0.1, 0.15) is 0 Å². The molecular formula is C13H23N3O2S2. The van der Waals surface area contributed by atoms with Gasteiger partial charge in [-0.3, -0.25) is 4.99 Å². The van der Waals surface area contributed by atoms with E-state index in [9.17, 15) is 8.42 Å². The first kappa shape index (κ1) is 17.0. The molecule has 0 radical (unpaired) electrons. The molecule has 0 saturated carbocycles. The van der Waals surface area contributed by atoms with Crippen LogP contribution in [0.25, 0.3) is 0 Å². The van der Waals surface area contributed by atoms with Gasteiger partial charge in [0.05, 0.1) is 5.75 Å². The fraction of sp³-hybridized carbons (Fsp3) is 0.615. The molecule has 0 spiro atoms. The molecule has 0 bridgehead atoms. The summed E-state index contributed by atoms with van der Waals surface area (Å²) in [4.78, 5) is 4.09. The van der Waals surface area contributed by atoms with E-state index in [-0.39, 0.29) is 11.5 Å². The number of sulfone groups is 1. The van der Waals surface area contributed by atoms with Crippen molar-refractivity contribution in [3.63, 3.8) is 0 Å². The highest BCUT2D eigenvalue weighted by atomic mass is 32.2. The zero-order chi connectivity index (χ0) is 15.0. The molecule has 7 heteroatoms. The van der Waals surface area contributed by atoms with Crippen molar-refractivity contribution in [2.45, 2.75) is 19.8 Å². The van der Waals surface area contributed by atoms with Crippen molar-refractivity contribution < 1.29 is 8.42 Å². The van der Waals surface area contributed by atoms with E-state index < -0.39 is 9.84 Å². The van der Waals surface area contributed by atoms with Gasteiger partial charge < -0.3 is 10.6 Å². The maximum absolute atomic E-state index is 11.4. The highest BCUT2D eigenvalue weighted by Gasteiger charge is 2.09. The van der Waals surface area contributed by atoms with Crippen molar-refractivity contribution in [3.8, 4) is 0 Å². The third kappa shape index (κ3) is 5.92. The van der Waals surface area contributed by atoms with E-state index in [4.69, 9.17) is 0 Å². The average molecular weight is 317 g/mol. The molecule has 1 heterocycles. The van der Waals surface area contributed by atoms with Crippen LogP contribution in [0.1, 0.15) is 25.3 Å². The third-order valence-corrected chi connectivity index (χ3v) is 5.46. The van der Waals surface area contributed by atoms with Crippen molar-refractivity contribution in [1.29, 1.82) is 0 Å². The molecule has 1 unspecified atom stereocenters. The van der Waals surface area contributed by atoms with E-state index in [0.717, 1.165) is 6.54 Å². The number of rotatable bonds is 7. The number of thiophene rings is 1. The van der Waals surface area contributed by atoms with Crippen LogP contribution in [0.3, 0.4) is 0 Å². The van der Waals surface area contributed by atoms with Crippen LogP contribution in [0.2, 0.25) is 0 Å². The second kappa shape index (κ2) is 8.26. The summed E-state index contributed by atoms with van der Waals surface area (Å²) in [6, 6.07) is 2.11. The summed E-state index contributed by atoms with van der Waals surface area (Å²) < 4.78 is 22.8. The Morgan fingerprint density at radius 1 is 1.45 bits per heavy atom. The van der Waals surface area contributed by atoms with Gasteiger partial charge in [0.25, 0.3) is 0 Å². The summed E-state index contributed by atoms with van der Waals surface area (Å²) in [6.45, 7) is 4.94. The molecule has 0 aromatic carbocycles. The summed E-state index contributed by atoms with van der Waals surface area (Å²) in [7, 11) is -1.25. The first-order chi connectivity index (χ1) is 9.48. The zero-order valence-corrected chi connectivity index (χ0v) is 13.9. The molecule has 0 amide bonds. The maximum atomic E-state index is 11.4. The molecule has 0 aliphatic heterocycles. The molecule has 1 aromatic heterocycles. The number of aliphatic imine (C=N–C) groups is 1. The molecule has 2 N–H and O–H groups in total. The average Bonchev–Trinajstić information content (AvgIpc) is 2.96. The van der Waals surface area contributed by atoms with Crippen molar-refractivity contribution in [1.82, 2.24) is 10.6 Å². The lowest BCUT2D eigenvalue weighted by molar-refractivity contribution is 0.595. The molecule has 114 valence electrons. The number of nitrogens with one attached hydrogen (secondary N) is 2. The van der Waals surface area contributed by atoms with Gasteiger partial charge in [0, 0.05) is 25.9 Å². The molecule has 0 aliphatic carbocycles. The number of nitrogens with zero attached hydrogens (tertiary/aromatic N) is 1. The van der Waals surface area contributed by atoms with E-state index in [1.807, 2.05) is 0 Å². The second-order valence-corrected chi connectivity index (χ2v) is 7.83. The fourth-order valence-electron chi connectivity index (χ4n) is 1.61. The fourth-order valence-corrected chi connectivity index (χ4v) is 3.10. The normalized spacial score (nSPS) is 14.1. The summed E-state index contributed by atoms with van der Waals surface area (Å²) in [5.74, 6) is 1.33. The van der Waals surface area contributed by atoms with E-state index >= 15 is 0 Å². The predicted octanol–water partition coefficient (Wildman–Crippen LogP) is 1.45. The standard InChI is InChI=1S/C13H23N3O2S2/c1-4-20(17,18)8-6-15-13(14-3)16-9-11(2)12-5-7-19-10-12/h5,7,10-11H,4,6,8-9H2,1-3H3,(H2,14,15,16). The largest absolute Gasteiger partial charge is 0.356 e. The summed E-state index contributed by atoms with van der Waals surface area (Å²) in [5, 5.41) is 10.4. The Morgan fingerprint density at radius 2 is 2.20 bits per heavy atom. The van der Waals surface area contributed by atoms with Crippen LogP contribution in [0.5, 0.6) is 0 Å². The van der Waals surface area contributed by atoms with E-state index in [0.29, 0.717) is 18.4 Å². The molecule has 5 nitrogen and oxygen atoms in total. The highest BCUT2D eigenvalue weighted by Crippen LogP contribution is 2.16. The van der Waals surface area contributed by atoms with Gasteiger partial charge in [-0.2, -0.15) is 11.3 Å².